The van der Waals surface area contributed by atoms with Crippen molar-refractivity contribution in [2.75, 3.05) is 56.6 Å². The van der Waals surface area contributed by atoms with E-state index in [1.807, 2.05) is 43.3 Å². The Bertz CT molecular complexity index is 938. The van der Waals surface area contributed by atoms with E-state index in [0.29, 0.717) is 13.2 Å². The topological polar surface area (TPSA) is 53.5 Å². The van der Waals surface area contributed by atoms with Gasteiger partial charge in [-0.15, -0.1) is 0 Å². The summed E-state index contributed by atoms with van der Waals surface area (Å²) in [6.45, 7) is 7.58. The summed E-state index contributed by atoms with van der Waals surface area (Å²) in [5, 5.41) is 3.34. The van der Waals surface area contributed by atoms with Crippen LogP contribution in [-0.2, 0) is 0 Å². The second kappa shape index (κ2) is 9.59. The zero-order chi connectivity index (χ0) is 20.8. The number of piperazine rings is 1. The van der Waals surface area contributed by atoms with E-state index in [-0.39, 0.29) is 0 Å². The second-order valence-corrected chi connectivity index (χ2v) is 7.64. The molecule has 0 atom stereocenters. The average Bonchev–Trinajstić information content (AvgIpc) is 2.78. The molecular weight excluding hydrogens is 374 g/mol. The summed E-state index contributed by atoms with van der Waals surface area (Å²) in [6, 6.07) is 20.4. The average molecular weight is 404 g/mol. The number of para-hydroxylation sites is 1. The Morgan fingerprint density at radius 1 is 0.933 bits per heavy atom. The minimum atomic E-state index is 0.572. The van der Waals surface area contributed by atoms with Crippen molar-refractivity contribution < 1.29 is 4.74 Å². The number of ether oxygens (including phenoxy) is 1. The number of likely N-dealkylation sites (N-methyl/N-ethyl adjacent to an activating group) is 1. The first-order valence-electron chi connectivity index (χ1n) is 10.5. The maximum atomic E-state index is 5.74. The predicted octanol–water partition coefficient (Wildman–Crippen LogP) is 3.69. The van der Waals surface area contributed by atoms with Crippen LogP contribution in [0.5, 0.6) is 5.75 Å². The fourth-order valence-electron chi connectivity index (χ4n) is 3.54. The lowest BCUT2D eigenvalue weighted by molar-refractivity contribution is 0.313. The number of benzene rings is 2. The van der Waals surface area contributed by atoms with Gasteiger partial charge in [0.2, 0.25) is 0 Å². The second-order valence-electron chi connectivity index (χ2n) is 7.64. The van der Waals surface area contributed by atoms with Crippen LogP contribution < -0.4 is 15.0 Å². The molecule has 1 aliphatic rings. The summed E-state index contributed by atoms with van der Waals surface area (Å²) in [4.78, 5) is 14.1. The molecule has 0 saturated carbocycles. The van der Waals surface area contributed by atoms with Crippen molar-refractivity contribution in [2.45, 2.75) is 6.92 Å². The Labute approximate surface area is 178 Å². The summed E-state index contributed by atoms with van der Waals surface area (Å²) in [7, 11) is 2.18. The van der Waals surface area contributed by atoms with Gasteiger partial charge in [0.05, 0.1) is 6.54 Å². The molecule has 1 saturated heterocycles. The summed E-state index contributed by atoms with van der Waals surface area (Å²) in [5.41, 5.74) is 3.23. The van der Waals surface area contributed by atoms with E-state index in [1.54, 1.807) is 0 Å². The first-order chi connectivity index (χ1) is 14.7. The van der Waals surface area contributed by atoms with Gasteiger partial charge in [0.1, 0.15) is 18.2 Å². The third kappa shape index (κ3) is 5.27. The molecule has 0 spiro atoms. The van der Waals surface area contributed by atoms with Crippen LogP contribution in [0.1, 0.15) is 5.69 Å². The number of anilines is 2. The van der Waals surface area contributed by atoms with E-state index in [0.717, 1.165) is 54.8 Å². The fraction of sp³-hybridized carbons (Fsp3) is 0.333. The van der Waals surface area contributed by atoms with Crippen molar-refractivity contribution >= 4 is 11.5 Å². The predicted molar refractivity (Wildman–Crippen MR) is 122 cm³/mol. The van der Waals surface area contributed by atoms with E-state index in [4.69, 9.17) is 9.72 Å². The van der Waals surface area contributed by atoms with Crippen LogP contribution in [0, 0.1) is 6.92 Å². The van der Waals surface area contributed by atoms with E-state index < -0.39 is 0 Å². The number of aryl methyl sites for hydroxylation is 1. The number of hydrogen-bond acceptors (Lipinski definition) is 6. The first kappa shape index (κ1) is 20.2. The molecule has 0 radical (unpaired) electrons. The number of hydrogen-bond donors (Lipinski definition) is 1. The van der Waals surface area contributed by atoms with Gasteiger partial charge in [0.15, 0.2) is 5.82 Å². The van der Waals surface area contributed by atoms with Crippen molar-refractivity contribution in [2.24, 2.45) is 0 Å². The molecule has 0 unspecified atom stereocenters. The molecule has 1 aromatic heterocycles. The maximum absolute atomic E-state index is 5.74. The Morgan fingerprint density at radius 2 is 1.67 bits per heavy atom. The van der Waals surface area contributed by atoms with Crippen molar-refractivity contribution in [3.8, 4) is 17.1 Å². The number of nitrogens with one attached hydrogen (secondary N) is 1. The molecule has 0 aliphatic carbocycles. The molecule has 2 aromatic carbocycles. The number of rotatable bonds is 7. The van der Waals surface area contributed by atoms with Gasteiger partial charge < -0.3 is 19.9 Å². The van der Waals surface area contributed by atoms with Crippen LogP contribution in [0.4, 0.5) is 11.5 Å². The van der Waals surface area contributed by atoms with Crippen LogP contribution in [-0.4, -0.2) is 61.2 Å². The largest absolute Gasteiger partial charge is 0.492 e. The lowest BCUT2D eigenvalue weighted by Crippen LogP contribution is -2.44. The zero-order valence-corrected chi connectivity index (χ0v) is 17.7. The van der Waals surface area contributed by atoms with Gasteiger partial charge >= 0.3 is 0 Å². The van der Waals surface area contributed by atoms with Crippen molar-refractivity contribution in [3.05, 3.63) is 66.4 Å². The van der Waals surface area contributed by atoms with Crippen molar-refractivity contribution in [1.29, 1.82) is 0 Å². The van der Waals surface area contributed by atoms with Crippen LogP contribution >= 0.6 is 0 Å². The first-order valence-corrected chi connectivity index (χ1v) is 10.5. The summed E-state index contributed by atoms with van der Waals surface area (Å²) >= 11 is 0. The molecule has 156 valence electrons. The monoisotopic (exact) mass is 403 g/mol. The van der Waals surface area contributed by atoms with Crippen LogP contribution in [0.3, 0.4) is 0 Å². The standard InChI is InChI=1S/C24H29N5O/c1-19-18-23(25-12-17-30-22-6-4-3-5-7-22)27-24(26-19)20-8-10-21(11-9-20)29-15-13-28(2)14-16-29/h3-11,18H,12-17H2,1-2H3,(H,25,26,27). The highest BCUT2D eigenvalue weighted by atomic mass is 16.5. The Kier molecular flexibility index (Phi) is 6.44. The van der Waals surface area contributed by atoms with E-state index >= 15 is 0 Å². The minimum Gasteiger partial charge on any atom is -0.492 e. The van der Waals surface area contributed by atoms with Crippen molar-refractivity contribution in [3.63, 3.8) is 0 Å². The van der Waals surface area contributed by atoms with Crippen molar-refractivity contribution in [1.82, 2.24) is 14.9 Å². The van der Waals surface area contributed by atoms with Crippen LogP contribution in [0.2, 0.25) is 0 Å². The van der Waals surface area contributed by atoms with E-state index in [2.05, 4.69) is 51.4 Å². The van der Waals surface area contributed by atoms with Crippen LogP contribution in [0.25, 0.3) is 11.4 Å². The Balaban J connectivity index is 1.37. The quantitative estimate of drug-likeness (QED) is 0.607. The smallest absolute Gasteiger partial charge is 0.161 e. The minimum absolute atomic E-state index is 0.572. The van der Waals surface area contributed by atoms with Gasteiger partial charge in [-0.2, -0.15) is 0 Å². The summed E-state index contributed by atoms with van der Waals surface area (Å²) < 4.78 is 5.74. The Morgan fingerprint density at radius 3 is 2.40 bits per heavy atom. The van der Waals surface area contributed by atoms with Gasteiger partial charge in [-0.1, -0.05) is 18.2 Å². The van der Waals surface area contributed by atoms with E-state index in [1.165, 1.54) is 5.69 Å². The highest BCUT2D eigenvalue weighted by Gasteiger charge is 2.14. The number of aromatic nitrogens is 2. The molecule has 1 fully saturated rings. The molecule has 30 heavy (non-hydrogen) atoms. The molecule has 6 heteroatoms. The molecule has 1 N–H and O–H groups in total. The highest BCUT2D eigenvalue weighted by Crippen LogP contribution is 2.23. The molecular formula is C24H29N5O. The maximum Gasteiger partial charge on any atom is 0.161 e. The van der Waals surface area contributed by atoms with Crippen LogP contribution in [0.15, 0.2) is 60.7 Å². The molecule has 4 rings (SSSR count). The van der Waals surface area contributed by atoms with Gasteiger partial charge in [-0.05, 0) is 50.4 Å². The van der Waals surface area contributed by atoms with Gasteiger partial charge in [-0.3, -0.25) is 0 Å². The lowest BCUT2D eigenvalue weighted by atomic mass is 10.1. The zero-order valence-electron chi connectivity index (χ0n) is 17.7. The molecule has 6 nitrogen and oxygen atoms in total. The van der Waals surface area contributed by atoms with Gasteiger partial charge in [-0.25, -0.2) is 9.97 Å². The molecule has 0 amide bonds. The molecule has 0 bridgehead atoms. The van der Waals surface area contributed by atoms with E-state index in [9.17, 15) is 0 Å². The molecule has 3 aromatic rings. The third-order valence-electron chi connectivity index (χ3n) is 5.27. The molecule has 1 aliphatic heterocycles. The Hall–Kier alpha value is -3.12. The van der Waals surface area contributed by atoms with Gasteiger partial charge in [0, 0.05) is 49.2 Å². The third-order valence-corrected chi connectivity index (χ3v) is 5.27. The molecule has 2 heterocycles. The number of nitrogens with zero attached hydrogens (tertiary/aromatic N) is 4. The fourth-order valence-corrected chi connectivity index (χ4v) is 3.54. The SMILES string of the molecule is Cc1cc(NCCOc2ccccc2)nc(-c2ccc(N3CCN(C)CC3)cc2)n1. The van der Waals surface area contributed by atoms with Gasteiger partial charge in [0.25, 0.3) is 0 Å². The summed E-state index contributed by atoms with van der Waals surface area (Å²) in [6.07, 6.45) is 0. The lowest BCUT2D eigenvalue weighted by Gasteiger charge is -2.34. The highest BCUT2D eigenvalue weighted by molar-refractivity contribution is 5.62. The normalized spacial score (nSPS) is 14.5. The summed E-state index contributed by atoms with van der Waals surface area (Å²) in [5.74, 6) is 2.43.